The number of hydrogen-bond acceptors (Lipinski definition) is 5. The van der Waals surface area contributed by atoms with Gasteiger partial charge in [0, 0.05) is 25.2 Å². The molecule has 0 aliphatic heterocycles. The smallest absolute Gasteiger partial charge is 0.292 e. The van der Waals surface area contributed by atoms with Crippen molar-refractivity contribution in [3.63, 3.8) is 0 Å². The fourth-order valence-electron chi connectivity index (χ4n) is 2.40. The predicted octanol–water partition coefficient (Wildman–Crippen LogP) is 1.61. The van der Waals surface area contributed by atoms with E-state index < -0.39 is 4.92 Å². The number of amides is 1. The summed E-state index contributed by atoms with van der Waals surface area (Å²) in [6, 6.07) is 6.99. The van der Waals surface area contributed by atoms with Crippen LogP contribution in [0, 0.1) is 10.1 Å². The molecule has 22 heavy (non-hydrogen) atoms. The molecule has 1 fully saturated rings. The van der Waals surface area contributed by atoms with E-state index in [0.29, 0.717) is 18.3 Å². The Bertz CT molecular complexity index is 531. The topological polar surface area (TPSA) is 87.5 Å². The number of anilines is 1. The first kappa shape index (κ1) is 16.2. The van der Waals surface area contributed by atoms with E-state index in [1.807, 2.05) is 0 Å². The average Bonchev–Trinajstić information content (AvgIpc) is 3.34. The Balaban J connectivity index is 1.72. The normalized spacial score (nSPS) is 13.9. The van der Waals surface area contributed by atoms with Gasteiger partial charge in [-0.2, -0.15) is 0 Å². The van der Waals surface area contributed by atoms with E-state index in [-0.39, 0.29) is 18.1 Å². The second kappa shape index (κ2) is 7.74. The molecule has 1 amide bonds. The molecule has 0 unspecified atom stereocenters. The molecule has 1 aromatic carbocycles. The Morgan fingerprint density at radius 1 is 1.41 bits per heavy atom. The molecule has 1 aliphatic rings. The van der Waals surface area contributed by atoms with E-state index in [0.717, 1.165) is 13.1 Å². The molecule has 120 valence electrons. The molecule has 0 spiro atoms. The van der Waals surface area contributed by atoms with E-state index in [2.05, 4.69) is 22.5 Å². The monoisotopic (exact) mass is 306 g/mol. The summed E-state index contributed by atoms with van der Waals surface area (Å²) in [6.07, 6.45) is 2.50. The minimum atomic E-state index is -0.463. The number of hydrogen-bond donors (Lipinski definition) is 2. The van der Waals surface area contributed by atoms with Gasteiger partial charge in [0.15, 0.2) is 0 Å². The first-order chi connectivity index (χ1) is 10.6. The first-order valence-electron chi connectivity index (χ1n) is 7.60. The minimum absolute atomic E-state index is 0.0267. The molecule has 2 N–H and O–H groups in total. The van der Waals surface area contributed by atoms with Crippen molar-refractivity contribution in [2.24, 2.45) is 0 Å². The minimum Gasteiger partial charge on any atom is -0.371 e. The third kappa shape index (κ3) is 4.70. The maximum Gasteiger partial charge on any atom is 0.292 e. The van der Waals surface area contributed by atoms with Gasteiger partial charge in [-0.05, 0) is 25.5 Å². The van der Waals surface area contributed by atoms with Crippen molar-refractivity contribution in [2.45, 2.75) is 25.8 Å². The molecule has 0 aromatic heterocycles. The van der Waals surface area contributed by atoms with Gasteiger partial charge in [0.05, 0.1) is 11.5 Å². The highest BCUT2D eigenvalue weighted by molar-refractivity contribution is 5.81. The maximum atomic E-state index is 11.8. The molecular formula is C15H22N4O3. The SMILES string of the molecule is CCN(CCNC(=O)CNc1ccccc1[N+](=O)[O-])C1CC1. The Hall–Kier alpha value is -2.15. The van der Waals surface area contributed by atoms with Crippen LogP contribution in [0.25, 0.3) is 0 Å². The van der Waals surface area contributed by atoms with Crippen molar-refractivity contribution in [2.75, 3.05) is 31.5 Å². The summed E-state index contributed by atoms with van der Waals surface area (Å²) in [5.41, 5.74) is 0.331. The van der Waals surface area contributed by atoms with Crippen LogP contribution in [-0.4, -0.2) is 48.0 Å². The van der Waals surface area contributed by atoms with Crippen molar-refractivity contribution >= 4 is 17.3 Å². The van der Waals surface area contributed by atoms with E-state index in [1.54, 1.807) is 18.2 Å². The summed E-state index contributed by atoms with van der Waals surface area (Å²) >= 11 is 0. The summed E-state index contributed by atoms with van der Waals surface area (Å²) in [5.74, 6) is -0.162. The van der Waals surface area contributed by atoms with Gasteiger partial charge in [0.25, 0.3) is 5.69 Å². The van der Waals surface area contributed by atoms with Crippen LogP contribution >= 0.6 is 0 Å². The Morgan fingerprint density at radius 3 is 2.77 bits per heavy atom. The summed E-state index contributed by atoms with van der Waals surface area (Å²) in [7, 11) is 0. The van der Waals surface area contributed by atoms with Gasteiger partial charge in [-0.1, -0.05) is 19.1 Å². The lowest BCUT2D eigenvalue weighted by molar-refractivity contribution is -0.383. The van der Waals surface area contributed by atoms with Crippen LogP contribution in [0.15, 0.2) is 24.3 Å². The predicted molar refractivity (Wildman–Crippen MR) is 84.9 cm³/mol. The molecule has 0 bridgehead atoms. The van der Waals surface area contributed by atoms with Crippen molar-refractivity contribution in [1.29, 1.82) is 0 Å². The number of nitro groups is 1. The lowest BCUT2D eigenvalue weighted by atomic mass is 10.2. The molecular weight excluding hydrogens is 284 g/mol. The lowest BCUT2D eigenvalue weighted by Crippen LogP contribution is -2.38. The van der Waals surface area contributed by atoms with E-state index in [4.69, 9.17) is 0 Å². The number of rotatable bonds is 9. The van der Waals surface area contributed by atoms with E-state index in [9.17, 15) is 14.9 Å². The van der Waals surface area contributed by atoms with Crippen molar-refractivity contribution < 1.29 is 9.72 Å². The number of likely N-dealkylation sites (N-methyl/N-ethyl adjacent to an activating group) is 1. The molecule has 0 heterocycles. The molecule has 0 atom stereocenters. The molecule has 1 saturated carbocycles. The number of nitrogens with one attached hydrogen (secondary N) is 2. The van der Waals surface area contributed by atoms with Gasteiger partial charge in [0.2, 0.25) is 5.91 Å². The van der Waals surface area contributed by atoms with Gasteiger partial charge in [-0.25, -0.2) is 0 Å². The van der Waals surface area contributed by atoms with Crippen molar-refractivity contribution in [3.05, 3.63) is 34.4 Å². The first-order valence-corrected chi connectivity index (χ1v) is 7.60. The molecule has 1 aromatic rings. The fourth-order valence-corrected chi connectivity index (χ4v) is 2.40. The van der Waals surface area contributed by atoms with Crippen LogP contribution in [0.1, 0.15) is 19.8 Å². The van der Waals surface area contributed by atoms with Crippen LogP contribution in [0.5, 0.6) is 0 Å². The Kier molecular flexibility index (Phi) is 5.71. The number of carbonyl (C=O) groups excluding carboxylic acids is 1. The van der Waals surface area contributed by atoms with Crippen LogP contribution in [0.3, 0.4) is 0 Å². The summed E-state index contributed by atoms with van der Waals surface area (Å²) in [5, 5.41) is 16.5. The third-order valence-electron chi connectivity index (χ3n) is 3.73. The van der Waals surface area contributed by atoms with Crippen LogP contribution in [-0.2, 0) is 4.79 Å². The summed E-state index contributed by atoms with van der Waals surface area (Å²) in [6.45, 7) is 4.59. The third-order valence-corrected chi connectivity index (χ3v) is 3.73. The second-order valence-electron chi connectivity index (χ2n) is 5.34. The highest BCUT2D eigenvalue weighted by atomic mass is 16.6. The molecule has 7 nitrogen and oxygen atoms in total. The van der Waals surface area contributed by atoms with Crippen LogP contribution < -0.4 is 10.6 Å². The molecule has 1 aliphatic carbocycles. The van der Waals surface area contributed by atoms with E-state index in [1.165, 1.54) is 18.9 Å². The van der Waals surface area contributed by atoms with Crippen molar-refractivity contribution in [3.8, 4) is 0 Å². The fraction of sp³-hybridized carbons (Fsp3) is 0.533. The van der Waals surface area contributed by atoms with Gasteiger partial charge in [-0.3, -0.25) is 19.8 Å². The number of nitro benzene ring substituents is 1. The average molecular weight is 306 g/mol. The summed E-state index contributed by atoms with van der Waals surface area (Å²) < 4.78 is 0. The molecule has 2 rings (SSSR count). The van der Waals surface area contributed by atoms with E-state index >= 15 is 0 Å². The van der Waals surface area contributed by atoms with Gasteiger partial charge < -0.3 is 10.6 Å². The maximum absolute atomic E-state index is 11.8. The molecule has 0 saturated heterocycles. The second-order valence-corrected chi connectivity index (χ2v) is 5.34. The van der Waals surface area contributed by atoms with Gasteiger partial charge in [0.1, 0.15) is 5.69 Å². The molecule has 7 heteroatoms. The zero-order valence-corrected chi connectivity index (χ0v) is 12.7. The van der Waals surface area contributed by atoms with Gasteiger partial charge in [-0.15, -0.1) is 0 Å². The number of benzene rings is 1. The summed E-state index contributed by atoms with van der Waals surface area (Å²) in [4.78, 5) is 24.6. The zero-order valence-electron chi connectivity index (χ0n) is 12.7. The number of nitrogens with zero attached hydrogens (tertiary/aromatic N) is 2. The number of carbonyl (C=O) groups is 1. The van der Waals surface area contributed by atoms with Crippen molar-refractivity contribution in [1.82, 2.24) is 10.2 Å². The standard InChI is InChI=1S/C15H22N4O3/c1-2-18(12-7-8-12)10-9-16-15(20)11-17-13-5-3-4-6-14(13)19(21)22/h3-6,12,17H,2,7-11H2,1H3,(H,16,20). The largest absolute Gasteiger partial charge is 0.371 e. The number of para-hydroxylation sites is 2. The Labute approximate surface area is 129 Å². The quantitative estimate of drug-likeness (QED) is 0.534. The Morgan fingerprint density at radius 2 is 2.14 bits per heavy atom. The lowest BCUT2D eigenvalue weighted by Gasteiger charge is -2.19. The van der Waals surface area contributed by atoms with Crippen LogP contribution in [0.4, 0.5) is 11.4 Å². The highest BCUT2D eigenvalue weighted by Crippen LogP contribution is 2.25. The van der Waals surface area contributed by atoms with Crippen LogP contribution in [0.2, 0.25) is 0 Å². The zero-order chi connectivity index (χ0) is 15.9. The molecule has 0 radical (unpaired) electrons. The van der Waals surface area contributed by atoms with Gasteiger partial charge >= 0.3 is 0 Å². The highest BCUT2D eigenvalue weighted by Gasteiger charge is 2.27.